The first-order valence-electron chi connectivity index (χ1n) is 17.0. The van der Waals surface area contributed by atoms with Gasteiger partial charge in [-0.3, -0.25) is 4.79 Å². The van der Waals surface area contributed by atoms with Gasteiger partial charge in [0.15, 0.2) is 22.5 Å². The van der Waals surface area contributed by atoms with Crippen molar-refractivity contribution in [1.29, 1.82) is 0 Å². The third-order valence-electron chi connectivity index (χ3n) is 8.07. The third-order valence-corrected chi connectivity index (χ3v) is 8.07. The molecule has 0 bridgehead atoms. The zero-order valence-electron chi connectivity index (χ0n) is 30.5. The van der Waals surface area contributed by atoms with Crippen molar-refractivity contribution < 1.29 is 23.5 Å². The highest BCUT2D eigenvalue weighted by atomic mass is 16.4. The van der Waals surface area contributed by atoms with Gasteiger partial charge in [0.2, 0.25) is 11.8 Å². The predicted octanol–water partition coefficient (Wildman–Crippen LogP) is 8.13. The molecule has 0 aliphatic carbocycles. The molecule has 4 aromatic heterocycles. The van der Waals surface area contributed by atoms with Crippen LogP contribution in [-0.2, 0) is 0 Å². The summed E-state index contributed by atoms with van der Waals surface area (Å²) in [5.74, 6) is -0.0517. The third kappa shape index (κ3) is 9.47. The van der Waals surface area contributed by atoms with Crippen molar-refractivity contribution in [2.75, 3.05) is 49.0 Å². The molecule has 4 aromatic carbocycles. The van der Waals surface area contributed by atoms with E-state index in [1.54, 1.807) is 42.7 Å². The number of aromatic nitrogens is 4. The molecule has 0 fully saturated rings. The number of benzene rings is 4. The van der Waals surface area contributed by atoms with Crippen LogP contribution in [0.3, 0.4) is 0 Å². The monoisotopic (exact) mass is 734 g/mol. The van der Waals surface area contributed by atoms with E-state index in [1.807, 2.05) is 129 Å². The minimum absolute atomic E-state index is 0.171. The molecule has 4 heterocycles. The number of fused-ring (bicyclic) bond motifs is 2. The summed E-state index contributed by atoms with van der Waals surface area (Å²) in [5.41, 5.74) is 14.0. The van der Waals surface area contributed by atoms with Gasteiger partial charge in [0.05, 0.1) is 5.56 Å². The molecule has 8 rings (SSSR count). The Bertz CT molecular complexity index is 2510. The Morgan fingerprint density at radius 2 is 1.13 bits per heavy atom. The molecular weight excluding hydrogens is 697 g/mol. The van der Waals surface area contributed by atoms with E-state index in [9.17, 15) is 9.59 Å². The molecular formula is C42H38N8O5. The van der Waals surface area contributed by atoms with Crippen molar-refractivity contribution >= 4 is 57.1 Å². The number of rotatable bonds is 7. The molecule has 13 heteroatoms. The number of pyridine rings is 2. The number of nitrogen functional groups attached to an aromatic ring is 1. The average Bonchev–Trinajstić information content (AvgIpc) is 3.84. The van der Waals surface area contributed by atoms with Gasteiger partial charge in [-0.05, 0) is 97.1 Å². The summed E-state index contributed by atoms with van der Waals surface area (Å²) in [5, 5.41) is 11.6. The molecule has 276 valence electrons. The van der Waals surface area contributed by atoms with E-state index in [0.29, 0.717) is 56.7 Å². The number of carboxylic acids is 1. The van der Waals surface area contributed by atoms with E-state index in [0.717, 1.165) is 22.5 Å². The highest BCUT2D eigenvalue weighted by Gasteiger charge is 2.12. The topological polar surface area (TPSA) is 177 Å². The first-order valence-corrected chi connectivity index (χ1v) is 17.0. The second-order valence-electron chi connectivity index (χ2n) is 12.5. The van der Waals surface area contributed by atoms with Gasteiger partial charge in [0.25, 0.3) is 5.91 Å². The number of nitrogens with one attached hydrogen (secondary N) is 1. The Hall–Kier alpha value is -7.54. The molecule has 8 aromatic rings. The molecule has 0 saturated carbocycles. The number of hydrogen-bond acceptors (Lipinski definition) is 11. The summed E-state index contributed by atoms with van der Waals surface area (Å²) in [6.07, 6.45) is 3.36. The quantitative estimate of drug-likeness (QED) is 0.134. The van der Waals surface area contributed by atoms with Crippen LogP contribution >= 0.6 is 0 Å². The molecule has 55 heavy (non-hydrogen) atoms. The number of hydrogen-bond donors (Lipinski definition) is 3. The number of oxazole rings is 2. The molecule has 0 saturated heterocycles. The van der Waals surface area contributed by atoms with Crippen molar-refractivity contribution in [3.63, 3.8) is 0 Å². The number of nitrogens with zero attached hydrogens (tertiary/aromatic N) is 6. The summed E-state index contributed by atoms with van der Waals surface area (Å²) >= 11 is 0. The van der Waals surface area contributed by atoms with E-state index in [2.05, 4.69) is 25.3 Å². The van der Waals surface area contributed by atoms with Crippen molar-refractivity contribution in [2.45, 2.75) is 0 Å². The number of aromatic carboxylic acids is 1. The largest absolute Gasteiger partial charge is 0.478 e. The Labute approximate surface area is 316 Å². The number of carbonyl (C=O) groups excluding carboxylic acids is 1. The number of carbonyl (C=O) groups is 2. The van der Waals surface area contributed by atoms with Gasteiger partial charge in [-0.15, -0.1) is 0 Å². The standard InChI is InChI=1S/C21H18N4O2.C12H9N3O.C9H11NO2/c1-25(2)17-9-4-6-14(13-17)20(26)23-16-8-3-7-15(12-16)21-24-19-18(27-21)10-5-11-22-19;13-9-4-1-3-8(7-9)12-15-11-10(16-12)5-2-6-14-11;1-10(2)8-5-3-4-7(6-8)9(11)12/h3-13H,1-2H3,(H,23,26);1-7H,13H2;3-6H,1-2H3,(H,11,12). The molecule has 0 atom stereocenters. The summed E-state index contributed by atoms with van der Waals surface area (Å²) in [6.45, 7) is 0. The van der Waals surface area contributed by atoms with E-state index < -0.39 is 5.97 Å². The van der Waals surface area contributed by atoms with Crippen LogP contribution in [0.4, 0.5) is 22.7 Å². The molecule has 4 N–H and O–H groups in total. The fraction of sp³-hybridized carbons (Fsp3) is 0.0952. The lowest BCUT2D eigenvalue weighted by Gasteiger charge is -2.13. The normalized spacial score (nSPS) is 10.5. The van der Waals surface area contributed by atoms with Crippen LogP contribution in [0.25, 0.3) is 45.4 Å². The van der Waals surface area contributed by atoms with Crippen molar-refractivity contribution in [3.8, 4) is 22.9 Å². The fourth-order valence-corrected chi connectivity index (χ4v) is 5.23. The molecule has 0 radical (unpaired) electrons. The number of amides is 1. The van der Waals surface area contributed by atoms with Crippen LogP contribution in [0.1, 0.15) is 20.7 Å². The first-order chi connectivity index (χ1) is 26.5. The van der Waals surface area contributed by atoms with Crippen molar-refractivity contribution in [3.05, 3.63) is 145 Å². The first kappa shape index (κ1) is 37.2. The lowest BCUT2D eigenvalue weighted by atomic mass is 10.1. The van der Waals surface area contributed by atoms with Gasteiger partial charge in [-0.25, -0.2) is 14.8 Å². The van der Waals surface area contributed by atoms with Gasteiger partial charge in [-0.2, -0.15) is 9.97 Å². The lowest BCUT2D eigenvalue weighted by molar-refractivity contribution is 0.0696. The maximum Gasteiger partial charge on any atom is 0.335 e. The fourth-order valence-electron chi connectivity index (χ4n) is 5.23. The second-order valence-corrected chi connectivity index (χ2v) is 12.5. The van der Waals surface area contributed by atoms with Crippen LogP contribution in [-0.4, -0.2) is 65.1 Å². The second kappa shape index (κ2) is 16.9. The summed E-state index contributed by atoms with van der Waals surface area (Å²) in [7, 11) is 7.63. The van der Waals surface area contributed by atoms with Gasteiger partial charge in [0.1, 0.15) is 0 Å². The molecule has 1 amide bonds. The number of nitrogens with two attached hydrogens (primary N) is 1. The molecule has 0 unspecified atom stereocenters. The van der Waals surface area contributed by atoms with Gasteiger partial charge < -0.3 is 34.8 Å². The smallest absolute Gasteiger partial charge is 0.335 e. The van der Waals surface area contributed by atoms with Gasteiger partial charge in [0, 0.05) is 80.0 Å². The number of anilines is 4. The molecule has 0 spiro atoms. The Balaban J connectivity index is 0.000000155. The van der Waals surface area contributed by atoms with E-state index in [-0.39, 0.29) is 5.91 Å². The van der Waals surface area contributed by atoms with Crippen LogP contribution in [0.15, 0.2) is 143 Å². The van der Waals surface area contributed by atoms with Crippen molar-refractivity contribution in [1.82, 2.24) is 19.9 Å². The molecule has 0 aliphatic rings. The predicted molar refractivity (Wildman–Crippen MR) is 215 cm³/mol. The maximum atomic E-state index is 12.6. The SMILES string of the molecule is CN(C)c1cccc(C(=O)Nc2cccc(-c3nc4ncccc4o3)c2)c1.CN(C)c1cccc(C(=O)O)c1.Nc1cccc(-c2nc3ncccc3o2)c1. The zero-order chi connectivity index (χ0) is 38.9. The Morgan fingerprint density at radius 3 is 1.65 bits per heavy atom. The summed E-state index contributed by atoms with van der Waals surface area (Å²) < 4.78 is 11.3. The highest BCUT2D eigenvalue weighted by molar-refractivity contribution is 6.05. The van der Waals surface area contributed by atoms with Gasteiger partial charge >= 0.3 is 5.97 Å². The molecule has 13 nitrogen and oxygen atoms in total. The summed E-state index contributed by atoms with van der Waals surface area (Å²) in [4.78, 5) is 44.0. The lowest BCUT2D eigenvalue weighted by Crippen LogP contribution is -2.14. The van der Waals surface area contributed by atoms with E-state index in [4.69, 9.17) is 19.7 Å². The maximum absolute atomic E-state index is 12.6. The Morgan fingerprint density at radius 1 is 0.618 bits per heavy atom. The van der Waals surface area contributed by atoms with E-state index >= 15 is 0 Å². The van der Waals surface area contributed by atoms with Crippen LogP contribution < -0.4 is 20.9 Å². The minimum atomic E-state index is -0.890. The minimum Gasteiger partial charge on any atom is -0.478 e. The van der Waals surface area contributed by atoms with Crippen molar-refractivity contribution in [2.24, 2.45) is 0 Å². The van der Waals surface area contributed by atoms with Crippen LogP contribution in [0, 0.1) is 0 Å². The van der Waals surface area contributed by atoms with Crippen LogP contribution in [0.5, 0.6) is 0 Å². The highest BCUT2D eigenvalue weighted by Crippen LogP contribution is 2.26. The average molecular weight is 735 g/mol. The van der Waals surface area contributed by atoms with Crippen LogP contribution in [0.2, 0.25) is 0 Å². The Kier molecular flexibility index (Phi) is 11.4. The number of carboxylic acid groups (broad SMARTS) is 1. The zero-order valence-corrected chi connectivity index (χ0v) is 30.5. The van der Waals surface area contributed by atoms with Gasteiger partial charge in [-0.1, -0.05) is 24.3 Å². The summed E-state index contributed by atoms with van der Waals surface area (Å²) in [6, 6.07) is 36.4. The van der Waals surface area contributed by atoms with E-state index in [1.165, 1.54) is 0 Å². The molecule has 0 aliphatic heterocycles.